The van der Waals surface area contributed by atoms with Crippen molar-refractivity contribution in [2.45, 2.75) is 20.0 Å². The Morgan fingerprint density at radius 3 is 2.81 bits per heavy atom. The number of aromatic nitrogens is 1. The Hall–Kier alpha value is -0.880. The molecule has 0 saturated carbocycles. The molecule has 1 heterocycles. The van der Waals surface area contributed by atoms with Crippen LogP contribution in [0.4, 0.5) is 0 Å². The first kappa shape index (κ1) is 11.6. The minimum Gasteiger partial charge on any atom is -0.361 e. The van der Waals surface area contributed by atoms with Crippen LogP contribution in [0.15, 0.2) is 34.9 Å². The summed E-state index contributed by atoms with van der Waals surface area (Å²) in [6.07, 6.45) is 0. The van der Waals surface area contributed by atoms with Crippen molar-refractivity contribution in [2.75, 3.05) is 0 Å². The van der Waals surface area contributed by atoms with Crippen LogP contribution in [0.25, 0.3) is 0 Å². The van der Waals surface area contributed by atoms with Gasteiger partial charge in [0.25, 0.3) is 0 Å². The molecular weight excluding hydrogens is 315 g/mol. The molecule has 0 fully saturated rings. The van der Waals surface area contributed by atoms with Crippen LogP contribution in [0.2, 0.25) is 0 Å². The van der Waals surface area contributed by atoms with Crippen LogP contribution in [0.1, 0.15) is 17.0 Å². The quantitative estimate of drug-likeness (QED) is 0.877. The van der Waals surface area contributed by atoms with Crippen molar-refractivity contribution in [3.63, 3.8) is 0 Å². The summed E-state index contributed by atoms with van der Waals surface area (Å²) in [4.78, 5) is 0. The zero-order chi connectivity index (χ0) is 11.4. The Balaban J connectivity index is 1.87. The van der Waals surface area contributed by atoms with Crippen molar-refractivity contribution in [1.82, 2.24) is 10.5 Å². The molecule has 1 aromatic carbocycles. The van der Waals surface area contributed by atoms with E-state index in [1.807, 2.05) is 19.1 Å². The molecule has 0 aliphatic carbocycles. The van der Waals surface area contributed by atoms with Gasteiger partial charge in [-0.2, -0.15) is 0 Å². The molecule has 2 aromatic rings. The number of nitrogens with one attached hydrogen (secondary N) is 1. The minimum atomic E-state index is 0.738. The lowest BCUT2D eigenvalue weighted by Crippen LogP contribution is -2.13. The number of hydrogen-bond acceptors (Lipinski definition) is 3. The maximum Gasteiger partial charge on any atom is 0.133 e. The van der Waals surface area contributed by atoms with Crippen LogP contribution in [-0.4, -0.2) is 5.16 Å². The number of rotatable bonds is 4. The number of hydrogen-bond donors (Lipinski definition) is 1. The van der Waals surface area contributed by atoms with Gasteiger partial charge in [0.05, 0.1) is 5.69 Å². The maximum absolute atomic E-state index is 5.00. The van der Waals surface area contributed by atoms with E-state index in [1.165, 1.54) is 9.13 Å². The van der Waals surface area contributed by atoms with E-state index in [4.69, 9.17) is 4.52 Å². The summed E-state index contributed by atoms with van der Waals surface area (Å²) in [5, 5.41) is 7.27. The second-order valence-corrected chi connectivity index (χ2v) is 4.79. The molecule has 0 spiro atoms. The van der Waals surface area contributed by atoms with Gasteiger partial charge in [-0.3, -0.25) is 0 Å². The van der Waals surface area contributed by atoms with Crippen molar-refractivity contribution in [1.29, 1.82) is 0 Å². The third kappa shape index (κ3) is 3.05. The fourth-order valence-corrected chi connectivity index (χ4v) is 2.05. The predicted octanol–water partition coefficient (Wildman–Crippen LogP) is 2.88. The highest BCUT2D eigenvalue weighted by Gasteiger charge is 2.01. The second kappa shape index (κ2) is 5.45. The molecule has 0 radical (unpaired) electrons. The van der Waals surface area contributed by atoms with E-state index in [0.717, 1.165) is 24.5 Å². The summed E-state index contributed by atoms with van der Waals surface area (Å²) < 4.78 is 6.28. The van der Waals surface area contributed by atoms with Gasteiger partial charge >= 0.3 is 0 Å². The normalized spacial score (nSPS) is 10.6. The topological polar surface area (TPSA) is 38.1 Å². The second-order valence-electron chi connectivity index (χ2n) is 3.62. The summed E-state index contributed by atoms with van der Waals surface area (Å²) in [7, 11) is 0. The van der Waals surface area contributed by atoms with Crippen LogP contribution < -0.4 is 5.32 Å². The molecular formula is C12H13IN2O. The smallest absolute Gasteiger partial charge is 0.133 e. The Morgan fingerprint density at radius 2 is 2.12 bits per heavy atom. The minimum absolute atomic E-state index is 0.738. The van der Waals surface area contributed by atoms with Crippen LogP contribution >= 0.6 is 22.6 Å². The molecule has 2 rings (SSSR count). The zero-order valence-electron chi connectivity index (χ0n) is 9.03. The summed E-state index contributed by atoms with van der Waals surface area (Å²) in [6.45, 7) is 3.49. The van der Waals surface area contributed by atoms with Crippen LogP contribution in [0.5, 0.6) is 0 Å². The first-order chi connectivity index (χ1) is 7.75. The standard InChI is InChI=1S/C12H13IN2O/c1-9-6-11(15-16-9)8-14-7-10-4-2-3-5-12(10)13/h2-6,14H,7-8H2,1H3. The largest absolute Gasteiger partial charge is 0.361 e. The van der Waals surface area contributed by atoms with Gasteiger partial charge in [-0.05, 0) is 41.1 Å². The van der Waals surface area contributed by atoms with Gasteiger partial charge in [-0.15, -0.1) is 0 Å². The fourth-order valence-electron chi connectivity index (χ4n) is 1.47. The lowest BCUT2D eigenvalue weighted by Gasteiger charge is -2.04. The molecule has 0 saturated heterocycles. The highest BCUT2D eigenvalue weighted by atomic mass is 127. The van der Waals surface area contributed by atoms with E-state index in [0.29, 0.717) is 0 Å². The third-order valence-corrected chi connectivity index (χ3v) is 3.31. The van der Waals surface area contributed by atoms with Crippen molar-refractivity contribution in [3.05, 3.63) is 50.9 Å². The van der Waals surface area contributed by atoms with Gasteiger partial charge in [0.2, 0.25) is 0 Å². The predicted molar refractivity (Wildman–Crippen MR) is 70.9 cm³/mol. The average molecular weight is 328 g/mol. The highest BCUT2D eigenvalue weighted by Crippen LogP contribution is 2.11. The summed E-state index contributed by atoms with van der Waals surface area (Å²) in [5.74, 6) is 0.853. The first-order valence-corrected chi connectivity index (χ1v) is 6.20. The monoisotopic (exact) mass is 328 g/mol. The molecule has 16 heavy (non-hydrogen) atoms. The molecule has 84 valence electrons. The molecule has 0 atom stereocenters. The van der Waals surface area contributed by atoms with Crippen LogP contribution in [0, 0.1) is 10.5 Å². The number of aryl methyl sites for hydroxylation is 1. The Morgan fingerprint density at radius 1 is 1.31 bits per heavy atom. The third-order valence-electron chi connectivity index (χ3n) is 2.26. The fraction of sp³-hybridized carbons (Fsp3) is 0.250. The highest BCUT2D eigenvalue weighted by molar-refractivity contribution is 14.1. The summed E-state index contributed by atoms with van der Waals surface area (Å²) in [6, 6.07) is 10.3. The number of nitrogens with zero attached hydrogens (tertiary/aromatic N) is 1. The molecule has 1 aromatic heterocycles. The zero-order valence-corrected chi connectivity index (χ0v) is 11.2. The molecule has 0 amide bonds. The Kier molecular flexibility index (Phi) is 3.95. The molecule has 0 aliphatic heterocycles. The van der Waals surface area contributed by atoms with Crippen molar-refractivity contribution in [2.24, 2.45) is 0 Å². The maximum atomic E-state index is 5.00. The van der Waals surface area contributed by atoms with Gasteiger partial charge in [0.1, 0.15) is 5.76 Å². The Labute approximate surface area is 108 Å². The Bertz CT molecular complexity index is 468. The molecule has 3 nitrogen and oxygen atoms in total. The van der Waals surface area contributed by atoms with Crippen LogP contribution in [0.3, 0.4) is 0 Å². The molecule has 0 aliphatic rings. The van der Waals surface area contributed by atoms with Gasteiger partial charge in [-0.1, -0.05) is 23.4 Å². The average Bonchev–Trinajstić information content (AvgIpc) is 2.67. The first-order valence-electron chi connectivity index (χ1n) is 5.12. The van der Waals surface area contributed by atoms with E-state index < -0.39 is 0 Å². The lowest BCUT2D eigenvalue weighted by molar-refractivity contribution is 0.388. The van der Waals surface area contributed by atoms with E-state index in [9.17, 15) is 0 Å². The van der Waals surface area contributed by atoms with Crippen LogP contribution in [-0.2, 0) is 13.1 Å². The lowest BCUT2D eigenvalue weighted by atomic mass is 10.2. The van der Waals surface area contributed by atoms with E-state index >= 15 is 0 Å². The van der Waals surface area contributed by atoms with E-state index in [2.05, 4.69) is 51.3 Å². The molecule has 1 N–H and O–H groups in total. The SMILES string of the molecule is Cc1cc(CNCc2ccccc2I)no1. The van der Waals surface area contributed by atoms with Crippen molar-refractivity contribution < 1.29 is 4.52 Å². The molecule has 0 unspecified atom stereocenters. The van der Waals surface area contributed by atoms with Crippen molar-refractivity contribution in [3.8, 4) is 0 Å². The summed E-state index contributed by atoms with van der Waals surface area (Å²) in [5.41, 5.74) is 2.26. The summed E-state index contributed by atoms with van der Waals surface area (Å²) >= 11 is 2.34. The van der Waals surface area contributed by atoms with Gasteiger partial charge in [-0.25, -0.2) is 0 Å². The van der Waals surface area contributed by atoms with Crippen molar-refractivity contribution >= 4 is 22.6 Å². The van der Waals surface area contributed by atoms with Gasteiger partial charge in [0.15, 0.2) is 0 Å². The van der Waals surface area contributed by atoms with E-state index in [-0.39, 0.29) is 0 Å². The number of halogens is 1. The van der Waals surface area contributed by atoms with E-state index in [1.54, 1.807) is 0 Å². The van der Waals surface area contributed by atoms with Gasteiger partial charge < -0.3 is 9.84 Å². The molecule has 4 heteroatoms. The number of benzene rings is 1. The van der Waals surface area contributed by atoms with Gasteiger partial charge in [0, 0.05) is 22.7 Å². The molecule has 0 bridgehead atoms.